The number of nitrogens with zero attached hydrogens (tertiary/aromatic N) is 2. The maximum Gasteiger partial charge on any atom is 0.254 e. The second-order valence-corrected chi connectivity index (χ2v) is 6.57. The van der Waals surface area contributed by atoms with Gasteiger partial charge in [-0.25, -0.2) is 4.39 Å². The van der Waals surface area contributed by atoms with Crippen molar-refractivity contribution in [1.82, 2.24) is 4.90 Å². The summed E-state index contributed by atoms with van der Waals surface area (Å²) in [7, 11) is 0. The molecule has 2 aromatic rings. The lowest BCUT2D eigenvalue weighted by atomic mass is 10.1. The smallest absolute Gasteiger partial charge is 0.254 e. The standard InChI is InChI=1S/C18H16BrFN2O2/c1-12-17(23)22(16-7-3-6-15(20)11-16)9-8-21(12)18(24)13-4-2-5-14(19)10-13/h2-7,10-12H,8-9H2,1H3. The van der Waals surface area contributed by atoms with Crippen LogP contribution < -0.4 is 4.90 Å². The number of piperazine rings is 1. The van der Waals surface area contributed by atoms with Crippen LogP contribution in [0.1, 0.15) is 17.3 Å². The molecule has 0 bridgehead atoms. The number of amides is 2. The van der Waals surface area contributed by atoms with Gasteiger partial charge in [0.25, 0.3) is 5.91 Å². The summed E-state index contributed by atoms with van der Waals surface area (Å²) < 4.78 is 14.2. The highest BCUT2D eigenvalue weighted by Crippen LogP contribution is 2.23. The zero-order valence-corrected chi connectivity index (χ0v) is 14.7. The molecule has 4 nitrogen and oxygen atoms in total. The van der Waals surface area contributed by atoms with Gasteiger partial charge in [-0.05, 0) is 43.3 Å². The van der Waals surface area contributed by atoms with E-state index in [1.54, 1.807) is 42.2 Å². The first-order chi connectivity index (χ1) is 11.5. The maximum absolute atomic E-state index is 13.4. The fourth-order valence-electron chi connectivity index (χ4n) is 2.84. The first kappa shape index (κ1) is 16.6. The average Bonchev–Trinajstić information content (AvgIpc) is 2.56. The van der Waals surface area contributed by atoms with Crippen LogP contribution in [0.4, 0.5) is 10.1 Å². The second kappa shape index (κ2) is 6.73. The third kappa shape index (κ3) is 3.19. The molecule has 1 unspecified atom stereocenters. The van der Waals surface area contributed by atoms with E-state index in [1.165, 1.54) is 17.0 Å². The van der Waals surface area contributed by atoms with E-state index in [2.05, 4.69) is 15.9 Å². The minimum absolute atomic E-state index is 0.184. The molecule has 1 atom stereocenters. The summed E-state index contributed by atoms with van der Waals surface area (Å²) in [5.41, 5.74) is 1.05. The number of carbonyl (C=O) groups excluding carboxylic acids is 2. The Balaban J connectivity index is 1.81. The van der Waals surface area contributed by atoms with Gasteiger partial charge in [-0.2, -0.15) is 0 Å². The SMILES string of the molecule is CC1C(=O)N(c2cccc(F)c2)CCN1C(=O)c1cccc(Br)c1. The predicted molar refractivity (Wildman–Crippen MR) is 93.4 cm³/mol. The highest BCUT2D eigenvalue weighted by Gasteiger charge is 2.35. The molecule has 2 aromatic carbocycles. The van der Waals surface area contributed by atoms with Crippen molar-refractivity contribution in [2.45, 2.75) is 13.0 Å². The van der Waals surface area contributed by atoms with E-state index in [0.717, 1.165) is 4.47 Å². The van der Waals surface area contributed by atoms with Gasteiger partial charge in [0.2, 0.25) is 5.91 Å². The first-order valence-corrected chi connectivity index (χ1v) is 8.40. The third-order valence-corrected chi connectivity index (χ3v) is 4.60. The van der Waals surface area contributed by atoms with Crippen molar-refractivity contribution in [3.63, 3.8) is 0 Å². The van der Waals surface area contributed by atoms with E-state index >= 15 is 0 Å². The van der Waals surface area contributed by atoms with Crippen LogP contribution in [-0.2, 0) is 4.79 Å². The Morgan fingerprint density at radius 2 is 1.92 bits per heavy atom. The molecule has 0 radical (unpaired) electrons. The minimum Gasteiger partial charge on any atom is -0.325 e. The van der Waals surface area contributed by atoms with Crippen LogP contribution in [0.2, 0.25) is 0 Å². The summed E-state index contributed by atoms with van der Waals surface area (Å²) >= 11 is 3.35. The number of benzene rings is 2. The number of hydrogen-bond acceptors (Lipinski definition) is 2. The summed E-state index contributed by atoms with van der Waals surface area (Å²) in [6.07, 6.45) is 0. The monoisotopic (exact) mass is 390 g/mol. The van der Waals surface area contributed by atoms with Crippen molar-refractivity contribution in [2.75, 3.05) is 18.0 Å². The van der Waals surface area contributed by atoms with Gasteiger partial charge in [0, 0.05) is 28.8 Å². The zero-order chi connectivity index (χ0) is 17.3. The van der Waals surface area contributed by atoms with Crippen molar-refractivity contribution < 1.29 is 14.0 Å². The average molecular weight is 391 g/mol. The summed E-state index contributed by atoms with van der Waals surface area (Å²) in [5, 5.41) is 0. The van der Waals surface area contributed by atoms with E-state index in [9.17, 15) is 14.0 Å². The van der Waals surface area contributed by atoms with Gasteiger partial charge in [-0.1, -0.05) is 28.1 Å². The van der Waals surface area contributed by atoms with E-state index < -0.39 is 6.04 Å². The number of rotatable bonds is 2. The molecular formula is C18H16BrFN2O2. The normalized spacial score (nSPS) is 18.0. The largest absolute Gasteiger partial charge is 0.325 e. The molecule has 1 aliphatic heterocycles. The minimum atomic E-state index is -0.603. The quantitative estimate of drug-likeness (QED) is 0.787. The molecule has 0 aliphatic carbocycles. The van der Waals surface area contributed by atoms with Gasteiger partial charge in [-0.15, -0.1) is 0 Å². The van der Waals surface area contributed by atoms with Crippen molar-refractivity contribution in [3.8, 4) is 0 Å². The highest BCUT2D eigenvalue weighted by atomic mass is 79.9. The highest BCUT2D eigenvalue weighted by molar-refractivity contribution is 9.10. The lowest BCUT2D eigenvalue weighted by Gasteiger charge is -2.39. The van der Waals surface area contributed by atoms with Crippen LogP contribution in [0.15, 0.2) is 53.0 Å². The molecule has 0 saturated carbocycles. The van der Waals surface area contributed by atoms with E-state index in [-0.39, 0.29) is 17.6 Å². The Bertz CT molecular complexity index is 796. The Morgan fingerprint density at radius 3 is 2.62 bits per heavy atom. The summed E-state index contributed by atoms with van der Waals surface area (Å²) in [4.78, 5) is 28.4. The van der Waals surface area contributed by atoms with Gasteiger partial charge >= 0.3 is 0 Å². The summed E-state index contributed by atoms with van der Waals surface area (Å²) in [5.74, 6) is -0.785. The molecule has 3 rings (SSSR count). The second-order valence-electron chi connectivity index (χ2n) is 5.65. The van der Waals surface area contributed by atoms with E-state index in [0.29, 0.717) is 24.3 Å². The lowest BCUT2D eigenvalue weighted by Crippen LogP contribution is -2.57. The van der Waals surface area contributed by atoms with Crippen molar-refractivity contribution in [2.24, 2.45) is 0 Å². The van der Waals surface area contributed by atoms with Crippen LogP contribution in [0.25, 0.3) is 0 Å². The molecule has 6 heteroatoms. The molecule has 0 spiro atoms. The number of carbonyl (C=O) groups is 2. The van der Waals surface area contributed by atoms with Crippen LogP contribution in [0.5, 0.6) is 0 Å². The number of anilines is 1. The predicted octanol–water partition coefficient (Wildman–Crippen LogP) is 3.47. The lowest BCUT2D eigenvalue weighted by molar-refractivity contribution is -0.124. The zero-order valence-electron chi connectivity index (χ0n) is 13.1. The fourth-order valence-corrected chi connectivity index (χ4v) is 3.23. The Hall–Kier alpha value is -2.21. The topological polar surface area (TPSA) is 40.6 Å². The van der Waals surface area contributed by atoms with Crippen LogP contribution >= 0.6 is 15.9 Å². The summed E-state index contributed by atoms with van der Waals surface area (Å²) in [6, 6.07) is 12.4. The molecule has 2 amide bonds. The Morgan fingerprint density at radius 1 is 1.17 bits per heavy atom. The Kier molecular flexibility index (Phi) is 4.66. The first-order valence-electron chi connectivity index (χ1n) is 7.61. The van der Waals surface area contributed by atoms with Gasteiger partial charge in [-0.3, -0.25) is 9.59 Å². The van der Waals surface area contributed by atoms with Gasteiger partial charge in [0.15, 0.2) is 0 Å². The number of halogens is 2. The van der Waals surface area contributed by atoms with Gasteiger partial charge < -0.3 is 9.80 Å². The molecule has 1 aliphatic rings. The molecule has 0 aromatic heterocycles. The van der Waals surface area contributed by atoms with Crippen molar-refractivity contribution in [3.05, 3.63) is 64.4 Å². The van der Waals surface area contributed by atoms with Crippen LogP contribution in [-0.4, -0.2) is 35.8 Å². The molecule has 1 heterocycles. The molecule has 0 N–H and O–H groups in total. The van der Waals surface area contributed by atoms with Gasteiger partial charge in [0.05, 0.1) is 0 Å². The molecular weight excluding hydrogens is 375 g/mol. The molecule has 1 fully saturated rings. The van der Waals surface area contributed by atoms with Crippen molar-refractivity contribution in [1.29, 1.82) is 0 Å². The van der Waals surface area contributed by atoms with E-state index in [1.807, 2.05) is 6.07 Å². The Labute approximate surface area is 148 Å². The van der Waals surface area contributed by atoms with Crippen LogP contribution in [0, 0.1) is 5.82 Å². The number of hydrogen-bond donors (Lipinski definition) is 0. The van der Waals surface area contributed by atoms with Crippen LogP contribution in [0.3, 0.4) is 0 Å². The molecule has 1 saturated heterocycles. The fraction of sp³-hybridized carbons (Fsp3) is 0.222. The molecule has 24 heavy (non-hydrogen) atoms. The summed E-state index contributed by atoms with van der Waals surface area (Å²) in [6.45, 7) is 2.44. The molecule has 124 valence electrons. The van der Waals surface area contributed by atoms with Gasteiger partial charge in [0.1, 0.15) is 11.9 Å². The third-order valence-electron chi connectivity index (χ3n) is 4.11. The maximum atomic E-state index is 13.4. The van der Waals surface area contributed by atoms with Crippen molar-refractivity contribution >= 4 is 33.4 Å². The van der Waals surface area contributed by atoms with E-state index in [4.69, 9.17) is 0 Å².